The Balaban J connectivity index is 2.77. The van der Waals surface area contributed by atoms with Crippen molar-refractivity contribution >= 4 is 51.3 Å². The predicted molar refractivity (Wildman–Crippen MR) is 490 cm³/mol. The first kappa shape index (κ1) is 118. The van der Waals surface area contributed by atoms with Crippen molar-refractivity contribution in [3.05, 3.63) is 0 Å². The van der Waals surface area contributed by atoms with Gasteiger partial charge >= 0.3 is 39.5 Å². The van der Waals surface area contributed by atoms with Crippen molar-refractivity contribution in [1.29, 1.82) is 0 Å². The smallest absolute Gasteiger partial charge is 0.462 e. The zero-order chi connectivity index (χ0) is 91.8. The summed E-state index contributed by atoms with van der Waals surface area (Å²) in [4.78, 5) is 128. The number of aliphatic hydroxyl groups is 4. The molecule has 14 atom stereocenters. The van der Waals surface area contributed by atoms with Crippen LogP contribution in [0.1, 0.15) is 478 Å². The molecule has 2 aliphatic heterocycles. The summed E-state index contributed by atoms with van der Waals surface area (Å²) in [5.74, 6) is -5.02. The minimum absolute atomic E-state index is 0.0817. The highest BCUT2D eigenvalue weighted by atomic mass is 31.2. The SMILES string of the molecule is CCCCCCCCCCCCCCCC(=O)OC(CCCCCCCCCCC)CC(=O)NC1C(OP(=O)(O)O)OC(CO[C@@H]2OC(CO)C(OP(=O)(O)O)[C@H](OC(=O)CC(CCCCCCCCCCC)OC(=O)CCCCCCCCCCC)C2NC(=O)CC(O)CCCCCCCCCCC)[C@@H](O)[C@@H]1OC(=O)CC(O)CCCCCCCCCCC. The maximum Gasteiger partial charge on any atom is 0.472 e. The van der Waals surface area contributed by atoms with Crippen LogP contribution in [0.4, 0.5) is 0 Å². The van der Waals surface area contributed by atoms with Crippen molar-refractivity contribution in [1.82, 2.24) is 10.6 Å². The number of carbonyl (C=O) groups is 6. The lowest BCUT2D eigenvalue weighted by Crippen LogP contribution is -2.68. The zero-order valence-electron chi connectivity index (χ0n) is 79.0. The molecule has 2 saturated heterocycles. The van der Waals surface area contributed by atoms with E-state index in [9.17, 15) is 77.9 Å². The fourth-order valence-corrected chi connectivity index (χ4v) is 18.0. The Morgan fingerprint density at radius 2 is 0.616 bits per heavy atom. The topological polar surface area (TPSA) is 406 Å². The maximum atomic E-state index is 14.8. The molecule has 27 nitrogen and oxygen atoms in total. The molecule has 2 aliphatic rings. The third-order valence-corrected chi connectivity index (χ3v) is 25.4. The summed E-state index contributed by atoms with van der Waals surface area (Å²) in [6, 6.07) is -3.86. The Hall–Kier alpha value is -3.24. The normalized spacial score (nSPS) is 20.2. The van der Waals surface area contributed by atoms with Gasteiger partial charge in [-0.3, -0.25) is 37.8 Å². The molecule has 0 spiro atoms. The molecule has 2 amide bonds. The van der Waals surface area contributed by atoms with E-state index < -0.39 is 176 Å². The monoisotopic (exact) mass is 1830 g/mol. The number of phosphoric acid groups is 2. The fraction of sp³-hybridized carbons (Fsp3) is 0.938. The lowest BCUT2D eigenvalue weighted by atomic mass is 9.95. The molecule has 2 fully saturated rings. The molecule has 0 radical (unpaired) electrons. The molecule has 10 N–H and O–H groups in total. The van der Waals surface area contributed by atoms with Crippen LogP contribution < -0.4 is 10.6 Å². The molecule has 736 valence electrons. The van der Waals surface area contributed by atoms with E-state index in [4.69, 9.17) is 42.2 Å². The second-order valence-corrected chi connectivity index (χ2v) is 38.6. The van der Waals surface area contributed by atoms with Crippen LogP contribution in [-0.2, 0) is 80.1 Å². The summed E-state index contributed by atoms with van der Waals surface area (Å²) in [5.41, 5.74) is 0. The maximum absolute atomic E-state index is 14.8. The minimum Gasteiger partial charge on any atom is -0.462 e. The van der Waals surface area contributed by atoms with Crippen molar-refractivity contribution in [3.8, 4) is 0 Å². The second-order valence-electron chi connectivity index (χ2n) is 36.2. The quantitative estimate of drug-likeness (QED) is 0.0117. The Bertz CT molecular complexity index is 2750. The number of amides is 2. The summed E-state index contributed by atoms with van der Waals surface area (Å²) in [6.45, 7) is 10.9. The van der Waals surface area contributed by atoms with Crippen LogP contribution in [0.2, 0.25) is 0 Å². The average Bonchev–Trinajstić information content (AvgIpc) is 0.780. The van der Waals surface area contributed by atoms with E-state index in [1.807, 2.05) is 0 Å². The summed E-state index contributed by atoms with van der Waals surface area (Å²) >= 11 is 0. The summed E-state index contributed by atoms with van der Waals surface area (Å²) in [6.07, 6.45) is 36.9. The summed E-state index contributed by atoms with van der Waals surface area (Å²) in [5, 5.41) is 51.9. The van der Waals surface area contributed by atoms with Crippen LogP contribution in [0.5, 0.6) is 0 Å². The predicted octanol–water partition coefficient (Wildman–Crippen LogP) is 21.4. The van der Waals surface area contributed by atoms with Crippen LogP contribution in [0, 0.1) is 0 Å². The molecular weight excluding hydrogens is 1640 g/mol. The molecule has 0 bridgehead atoms. The van der Waals surface area contributed by atoms with E-state index >= 15 is 0 Å². The molecule has 0 aliphatic carbocycles. The highest BCUT2D eigenvalue weighted by Crippen LogP contribution is 2.44. The van der Waals surface area contributed by atoms with Gasteiger partial charge in [0.15, 0.2) is 24.8 Å². The number of hydrogen-bond acceptors (Lipinski definition) is 21. The largest absolute Gasteiger partial charge is 0.472 e. The van der Waals surface area contributed by atoms with Crippen LogP contribution in [0.25, 0.3) is 0 Å². The van der Waals surface area contributed by atoms with Crippen LogP contribution >= 0.6 is 15.6 Å². The Morgan fingerprint density at radius 3 is 0.968 bits per heavy atom. The van der Waals surface area contributed by atoms with E-state index in [2.05, 4.69) is 52.2 Å². The molecule has 2 heterocycles. The van der Waals surface area contributed by atoms with Gasteiger partial charge in [-0.1, -0.05) is 388 Å². The number of ether oxygens (including phenoxy) is 7. The number of phosphoric ester groups is 2. The Morgan fingerprint density at radius 1 is 0.328 bits per heavy atom. The van der Waals surface area contributed by atoms with Gasteiger partial charge < -0.3 is 83.8 Å². The van der Waals surface area contributed by atoms with Gasteiger partial charge in [-0.25, -0.2) is 9.13 Å². The first-order chi connectivity index (χ1) is 60.3. The number of carbonyl (C=O) groups excluding carboxylic acids is 6. The third kappa shape index (κ3) is 63.5. The summed E-state index contributed by atoms with van der Waals surface area (Å²) < 4.78 is 80.0. The van der Waals surface area contributed by atoms with Crippen LogP contribution in [-0.4, -0.2) is 175 Å². The first-order valence-corrected chi connectivity index (χ1v) is 53.8. The molecule has 29 heteroatoms. The van der Waals surface area contributed by atoms with Crippen molar-refractivity contribution in [3.63, 3.8) is 0 Å². The van der Waals surface area contributed by atoms with Gasteiger partial charge in [0, 0.05) is 12.8 Å². The molecule has 0 aromatic heterocycles. The highest BCUT2D eigenvalue weighted by molar-refractivity contribution is 7.46. The Kier molecular flexibility index (Phi) is 72.8. The van der Waals surface area contributed by atoms with Gasteiger partial charge in [0.1, 0.15) is 48.7 Å². The number of aliphatic hydroxyl groups excluding tert-OH is 4. The number of esters is 4. The second kappa shape index (κ2) is 77.2. The number of rotatable bonds is 86. The van der Waals surface area contributed by atoms with Gasteiger partial charge in [-0.15, -0.1) is 0 Å². The summed E-state index contributed by atoms with van der Waals surface area (Å²) in [7, 11) is -11.4. The molecular formula is C96H182N2O25P2. The number of unbranched alkanes of at least 4 members (excludes halogenated alkanes) is 52. The third-order valence-electron chi connectivity index (χ3n) is 24.4. The molecule has 0 aromatic rings. The molecule has 0 saturated carbocycles. The van der Waals surface area contributed by atoms with Crippen LogP contribution in [0.3, 0.4) is 0 Å². The van der Waals surface area contributed by atoms with Crippen molar-refractivity contribution in [2.24, 2.45) is 0 Å². The lowest BCUT2D eigenvalue weighted by Gasteiger charge is -2.47. The van der Waals surface area contributed by atoms with E-state index in [0.29, 0.717) is 38.5 Å². The van der Waals surface area contributed by atoms with E-state index in [1.165, 1.54) is 83.5 Å². The van der Waals surface area contributed by atoms with Gasteiger partial charge in [0.2, 0.25) is 11.8 Å². The van der Waals surface area contributed by atoms with Gasteiger partial charge in [0.05, 0.1) is 51.1 Å². The number of nitrogens with one attached hydrogen (secondary N) is 2. The van der Waals surface area contributed by atoms with E-state index in [-0.39, 0.29) is 38.5 Å². The molecule has 10 unspecified atom stereocenters. The minimum atomic E-state index is -5.71. The van der Waals surface area contributed by atoms with Crippen molar-refractivity contribution < 1.29 is 120 Å². The van der Waals surface area contributed by atoms with E-state index in [0.717, 1.165) is 250 Å². The fourth-order valence-electron chi connectivity index (χ4n) is 16.9. The molecule has 2 rings (SSSR count). The first-order valence-electron chi connectivity index (χ1n) is 50.7. The van der Waals surface area contributed by atoms with Gasteiger partial charge in [-0.05, 0) is 51.4 Å². The zero-order valence-corrected chi connectivity index (χ0v) is 80.8. The molecule has 0 aromatic carbocycles. The highest BCUT2D eigenvalue weighted by Gasteiger charge is 2.55. The number of hydrogen-bond donors (Lipinski definition) is 10. The van der Waals surface area contributed by atoms with Gasteiger partial charge in [-0.2, -0.15) is 0 Å². The Labute approximate surface area is 755 Å². The van der Waals surface area contributed by atoms with Crippen molar-refractivity contribution in [2.45, 2.75) is 564 Å². The van der Waals surface area contributed by atoms with Gasteiger partial charge in [0.25, 0.3) is 0 Å². The molecule has 125 heavy (non-hydrogen) atoms. The van der Waals surface area contributed by atoms with E-state index in [1.54, 1.807) is 0 Å². The van der Waals surface area contributed by atoms with Crippen molar-refractivity contribution in [2.75, 3.05) is 13.2 Å². The van der Waals surface area contributed by atoms with Crippen LogP contribution in [0.15, 0.2) is 0 Å². The average molecular weight is 1830 g/mol. The standard InChI is InChI=1S/C96H182N2O25P2/c1-7-13-19-25-31-37-38-39-40-46-52-58-63-69-85(104)116-79(67-61-55-49-43-34-28-22-16-10-4)73-84(103)98-89-93(120-87(106)72-78(101)66-60-54-48-42-33-27-21-15-9-3)91(108)82(119-96(89)123-125(112,113)114)76-115-95-90(97-83(102)71-77(100)65-59-53-47-41-32-26-20-14-8-2)94(92(81(75-99)118-95)122-124(109,110)111)121-88(107)74-80(68-62-56-50-44-35-29-23-17-11-5)117-86(105)70-64-57-51-45-36-30-24-18-12-6/h77-82,89-96,99-101,108H,7-76H2,1-6H3,(H,97,102)(H,98,103)(H2,109,110,111)(H2,112,113,114)/t77?,78?,79?,80?,81?,82?,89?,90?,91-,92?,93-,94-,95-,96?/m1/s1. The lowest BCUT2D eigenvalue weighted by molar-refractivity contribution is -0.297.